The zero-order chi connectivity index (χ0) is 22.1. The number of rotatable bonds is 13. The Kier molecular flexibility index (Phi) is 9.35. The van der Waals surface area contributed by atoms with Crippen molar-refractivity contribution in [3.8, 4) is 20.2 Å². The van der Waals surface area contributed by atoms with Gasteiger partial charge < -0.3 is 5.73 Å². The van der Waals surface area contributed by atoms with Gasteiger partial charge in [0.05, 0.1) is 4.88 Å². The van der Waals surface area contributed by atoms with E-state index in [-0.39, 0.29) is 0 Å². The third kappa shape index (κ3) is 6.54. The number of benzene rings is 1. The predicted molar refractivity (Wildman–Crippen MR) is 139 cm³/mol. The number of carbonyl (C=O) groups excluding carboxylic acids is 1. The lowest BCUT2D eigenvalue weighted by Crippen LogP contribution is -1.88. The minimum atomic E-state index is 0.799. The molecule has 4 heteroatoms. The third-order valence-corrected chi connectivity index (χ3v) is 8.26. The molecule has 0 aliphatic heterocycles. The summed E-state index contributed by atoms with van der Waals surface area (Å²) in [6.07, 6.45) is 13.2. The molecule has 2 N–H and O–H groups in total. The molecule has 0 saturated carbocycles. The molecule has 2 aromatic heterocycles. The highest BCUT2D eigenvalue weighted by atomic mass is 32.1. The second-order valence-corrected chi connectivity index (χ2v) is 10.5. The Morgan fingerprint density at radius 3 is 1.97 bits per heavy atom. The van der Waals surface area contributed by atoms with Crippen LogP contribution in [0.25, 0.3) is 20.2 Å². The van der Waals surface area contributed by atoms with Gasteiger partial charge in [-0.1, -0.05) is 64.5 Å². The Morgan fingerprint density at radius 1 is 0.774 bits per heavy atom. The van der Waals surface area contributed by atoms with E-state index < -0.39 is 0 Å². The normalized spacial score (nSPS) is 11.2. The lowest BCUT2D eigenvalue weighted by Gasteiger charge is -2.04. The van der Waals surface area contributed by atoms with E-state index in [0.717, 1.165) is 29.7 Å². The van der Waals surface area contributed by atoms with Crippen molar-refractivity contribution in [3.63, 3.8) is 0 Å². The van der Waals surface area contributed by atoms with E-state index in [0.29, 0.717) is 0 Å². The van der Waals surface area contributed by atoms with Crippen LogP contribution in [0.3, 0.4) is 0 Å². The number of anilines is 1. The van der Waals surface area contributed by atoms with Crippen LogP contribution in [0.2, 0.25) is 0 Å². The molecule has 1 aromatic carbocycles. The van der Waals surface area contributed by atoms with Crippen molar-refractivity contribution < 1.29 is 4.79 Å². The number of carbonyl (C=O) groups is 1. The van der Waals surface area contributed by atoms with E-state index in [1.165, 1.54) is 82.7 Å². The maximum atomic E-state index is 11.5. The number of thiophene rings is 2. The first kappa shape index (κ1) is 23.7. The Balaban J connectivity index is 1.92. The van der Waals surface area contributed by atoms with Crippen molar-refractivity contribution in [1.29, 1.82) is 0 Å². The molecule has 0 radical (unpaired) electrons. The molecule has 0 saturated heterocycles. The van der Waals surface area contributed by atoms with E-state index in [1.54, 1.807) is 11.3 Å². The molecule has 0 amide bonds. The minimum Gasteiger partial charge on any atom is -0.399 e. The quantitative estimate of drug-likeness (QED) is 0.160. The molecule has 2 heterocycles. The van der Waals surface area contributed by atoms with Gasteiger partial charge in [-0.05, 0) is 66.6 Å². The van der Waals surface area contributed by atoms with Crippen LogP contribution in [-0.4, -0.2) is 6.29 Å². The summed E-state index contributed by atoms with van der Waals surface area (Å²) in [6.45, 7) is 4.50. The van der Waals surface area contributed by atoms with Gasteiger partial charge >= 0.3 is 0 Å². The van der Waals surface area contributed by atoms with E-state index in [9.17, 15) is 4.79 Å². The monoisotopic (exact) mass is 453 g/mol. The van der Waals surface area contributed by atoms with Gasteiger partial charge in [0.15, 0.2) is 6.29 Å². The fourth-order valence-corrected chi connectivity index (χ4v) is 6.37. The Morgan fingerprint density at radius 2 is 1.39 bits per heavy atom. The summed E-state index contributed by atoms with van der Waals surface area (Å²) >= 11 is 3.52. The second kappa shape index (κ2) is 12.2. The highest BCUT2D eigenvalue weighted by Gasteiger charge is 2.17. The lowest BCUT2D eigenvalue weighted by atomic mass is 10.0. The van der Waals surface area contributed by atoms with Gasteiger partial charge in [0.2, 0.25) is 0 Å². The molecule has 166 valence electrons. The molecule has 0 bridgehead atoms. The lowest BCUT2D eigenvalue weighted by molar-refractivity contribution is 0.112. The van der Waals surface area contributed by atoms with Crippen LogP contribution in [0.5, 0.6) is 0 Å². The van der Waals surface area contributed by atoms with Crippen LogP contribution >= 0.6 is 22.7 Å². The molecular formula is C27H35NOS2. The zero-order valence-electron chi connectivity index (χ0n) is 18.9. The maximum absolute atomic E-state index is 11.5. The molecule has 0 aliphatic rings. The number of nitrogens with two attached hydrogens (primary N) is 1. The highest BCUT2D eigenvalue weighted by molar-refractivity contribution is 7.24. The van der Waals surface area contributed by atoms with Gasteiger partial charge in [0, 0.05) is 20.3 Å². The van der Waals surface area contributed by atoms with Crippen LogP contribution in [-0.2, 0) is 12.8 Å². The number of hydrogen-bond donors (Lipinski definition) is 1. The van der Waals surface area contributed by atoms with Gasteiger partial charge in [-0.25, -0.2) is 0 Å². The molecule has 0 atom stereocenters. The first-order chi connectivity index (χ1) is 15.2. The average molecular weight is 454 g/mol. The van der Waals surface area contributed by atoms with Crippen molar-refractivity contribution in [2.24, 2.45) is 0 Å². The van der Waals surface area contributed by atoms with Crippen LogP contribution in [0, 0.1) is 0 Å². The molecule has 0 fully saturated rings. The standard InChI is InChI=1S/C27H35NOS2/c1-3-5-7-9-11-21-17-24(19-29)30-27(21)25-18-22(12-10-8-6-4-2)26(31-25)20-13-15-23(28)16-14-20/h13-19H,3-12,28H2,1-2H3. The largest absolute Gasteiger partial charge is 0.399 e. The van der Waals surface area contributed by atoms with Gasteiger partial charge in [0.25, 0.3) is 0 Å². The van der Waals surface area contributed by atoms with Gasteiger partial charge in [-0.15, -0.1) is 22.7 Å². The minimum absolute atomic E-state index is 0.799. The Labute approximate surface area is 195 Å². The molecule has 2 nitrogen and oxygen atoms in total. The predicted octanol–water partition coefficient (Wildman–Crippen LogP) is 8.78. The fraction of sp³-hybridized carbons (Fsp3) is 0.444. The van der Waals surface area contributed by atoms with Crippen LogP contribution in [0.1, 0.15) is 86.0 Å². The SMILES string of the molecule is CCCCCCc1cc(-c2sc(C=O)cc2CCCCCC)sc1-c1ccc(N)cc1. The average Bonchev–Trinajstić information content (AvgIpc) is 3.39. The maximum Gasteiger partial charge on any atom is 0.160 e. The number of nitrogen functional groups attached to an aromatic ring is 1. The number of unbranched alkanes of at least 4 members (excludes halogenated alkanes) is 6. The van der Waals surface area contributed by atoms with Crippen LogP contribution in [0.4, 0.5) is 5.69 Å². The summed E-state index contributed by atoms with van der Waals surface area (Å²) in [4.78, 5) is 16.3. The Bertz CT molecular complexity index is 952. The molecular weight excluding hydrogens is 418 g/mol. The zero-order valence-corrected chi connectivity index (χ0v) is 20.5. The number of hydrogen-bond acceptors (Lipinski definition) is 4. The third-order valence-electron chi connectivity index (χ3n) is 5.75. The van der Waals surface area contributed by atoms with Crippen molar-refractivity contribution in [3.05, 3.63) is 52.4 Å². The first-order valence-electron chi connectivity index (χ1n) is 11.7. The Hall–Kier alpha value is -1.91. The van der Waals surface area contributed by atoms with Crippen molar-refractivity contribution in [2.75, 3.05) is 5.73 Å². The van der Waals surface area contributed by atoms with E-state index in [1.807, 2.05) is 23.5 Å². The van der Waals surface area contributed by atoms with Crippen molar-refractivity contribution >= 4 is 34.6 Å². The second-order valence-electron chi connectivity index (χ2n) is 8.33. The summed E-state index contributed by atoms with van der Waals surface area (Å²) < 4.78 is 0. The van der Waals surface area contributed by atoms with E-state index in [2.05, 4.69) is 38.1 Å². The summed E-state index contributed by atoms with van der Waals surface area (Å²) in [7, 11) is 0. The van der Waals surface area contributed by atoms with Crippen molar-refractivity contribution in [1.82, 2.24) is 0 Å². The molecule has 0 aliphatic carbocycles. The molecule has 3 rings (SSSR count). The molecule has 0 unspecified atom stereocenters. The van der Waals surface area contributed by atoms with Gasteiger partial charge in [0.1, 0.15) is 0 Å². The topological polar surface area (TPSA) is 43.1 Å². The van der Waals surface area contributed by atoms with Crippen molar-refractivity contribution in [2.45, 2.75) is 78.1 Å². The summed E-state index contributed by atoms with van der Waals surface area (Å²) in [5.74, 6) is 0. The molecule has 31 heavy (non-hydrogen) atoms. The van der Waals surface area contributed by atoms with Crippen LogP contribution < -0.4 is 5.73 Å². The molecule has 3 aromatic rings. The van der Waals surface area contributed by atoms with Crippen LogP contribution in [0.15, 0.2) is 36.4 Å². The fourth-order valence-electron chi connectivity index (χ4n) is 3.99. The molecule has 0 spiro atoms. The highest BCUT2D eigenvalue weighted by Crippen LogP contribution is 2.43. The summed E-state index contributed by atoms with van der Waals surface area (Å²) in [5, 5.41) is 0. The number of aldehydes is 1. The van der Waals surface area contributed by atoms with E-state index in [4.69, 9.17) is 5.73 Å². The van der Waals surface area contributed by atoms with E-state index >= 15 is 0 Å². The summed E-state index contributed by atoms with van der Waals surface area (Å²) in [6, 6.07) is 12.8. The number of aryl methyl sites for hydroxylation is 2. The smallest absolute Gasteiger partial charge is 0.160 e. The van der Waals surface area contributed by atoms with Gasteiger partial charge in [-0.2, -0.15) is 0 Å². The first-order valence-corrected chi connectivity index (χ1v) is 13.4. The van der Waals surface area contributed by atoms with Gasteiger partial charge in [-0.3, -0.25) is 4.79 Å². The summed E-state index contributed by atoms with van der Waals surface area (Å²) in [5.41, 5.74) is 10.7.